The van der Waals surface area contributed by atoms with Gasteiger partial charge in [-0.2, -0.15) is 0 Å². The van der Waals surface area contributed by atoms with E-state index in [1.54, 1.807) is 20.8 Å². The van der Waals surface area contributed by atoms with Crippen molar-refractivity contribution in [2.75, 3.05) is 18.5 Å². The molecule has 0 saturated heterocycles. The van der Waals surface area contributed by atoms with E-state index in [1.807, 2.05) is 6.92 Å². The van der Waals surface area contributed by atoms with Gasteiger partial charge in [-0.25, -0.2) is 30.7 Å². The van der Waals surface area contributed by atoms with Crippen LogP contribution in [-0.2, 0) is 0 Å². The second-order valence-corrected chi connectivity index (χ2v) is 42.0. The number of rotatable bonds is 7. The largest absolute Gasteiger partial charge is 0.392 e. The number of halogens is 8. The van der Waals surface area contributed by atoms with Gasteiger partial charge in [0, 0.05) is 42.3 Å². The van der Waals surface area contributed by atoms with Crippen LogP contribution in [0.1, 0.15) is 268 Å². The molecule has 0 unspecified atom stereocenters. The number of hydrogen-bond donors (Lipinski definition) is 6. The summed E-state index contributed by atoms with van der Waals surface area (Å²) in [4.78, 5) is 0. The third-order valence-corrected chi connectivity index (χ3v) is 36.5. The van der Waals surface area contributed by atoms with Crippen LogP contribution in [0.15, 0.2) is 48.6 Å². The smallest absolute Gasteiger partial charge is 0.251 e. The van der Waals surface area contributed by atoms with Gasteiger partial charge in [0.2, 0.25) is 0 Å². The van der Waals surface area contributed by atoms with Crippen LogP contribution in [0, 0.1) is 164 Å². The predicted octanol–water partition coefficient (Wildman–Crippen LogP) is 21.3. The van der Waals surface area contributed by atoms with Crippen molar-refractivity contribution in [3.05, 3.63) is 48.6 Å². The van der Waals surface area contributed by atoms with Crippen molar-refractivity contribution in [2.24, 2.45) is 164 Å². The molecule has 102 heavy (non-hydrogen) atoms. The van der Waals surface area contributed by atoms with Gasteiger partial charge in [-0.05, 0) is 378 Å². The van der Waals surface area contributed by atoms with E-state index in [-0.39, 0.29) is 121 Å². The highest BCUT2D eigenvalue weighted by atomic mass is 79.9. The summed E-state index contributed by atoms with van der Waals surface area (Å²) < 4.78 is 106. The minimum absolute atomic E-state index is 0.00646. The molecular formula is C88H136BrF7O6. The number of hydrogen-bond acceptors (Lipinski definition) is 6. The molecule has 0 heterocycles. The van der Waals surface area contributed by atoms with Gasteiger partial charge in [0.05, 0.1) is 35.6 Å². The van der Waals surface area contributed by atoms with Crippen molar-refractivity contribution in [1.29, 1.82) is 0 Å². The highest BCUT2D eigenvalue weighted by molar-refractivity contribution is 9.09. The van der Waals surface area contributed by atoms with Crippen LogP contribution in [-0.4, -0.2) is 95.5 Å². The van der Waals surface area contributed by atoms with E-state index in [2.05, 4.69) is 76.9 Å². The van der Waals surface area contributed by atoms with Crippen LogP contribution in [0.2, 0.25) is 0 Å². The molecule has 16 aliphatic rings. The van der Waals surface area contributed by atoms with Gasteiger partial charge in [-0.1, -0.05) is 81.1 Å². The molecule has 0 aliphatic heterocycles. The number of fused-ring (bicyclic) bond motifs is 20. The van der Waals surface area contributed by atoms with Crippen molar-refractivity contribution in [2.45, 2.75) is 314 Å². The lowest BCUT2D eigenvalue weighted by Crippen LogP contribution is -2.57. The molecule has 0 aromatic heterocycles. The van der Waals surface area contributed by atoms with Crippen molar-refractivity contribution in [3.8, 4) is 0 Å². The van der Waals surface area contributed by atoms with Crippen LogP contribution >= 0.6 is 15.9 Å². The Balaban J connectivity index is 0.000000121. The van der Waals surface area contributed by atoms with Gasteiger partial charge in [0.15, 0.2) is 0 Å². The van der Waals surface area contributed by atoms with Crippen molar-refractivity contribution in [3.63, 3.8) is 0 Å². The van der Waals surface area contributed by atoms with Gasteiger partial charge in [-0.3, -0.25) is 0 Å². The average Bonchev–Trinajstić information content (AvgIpc) is 1.14. The minimum atomic E-state index is -2.67. The highest BCUT2D eigenvalue weighted by Gasteiger charge is 2.69. The first-order valence-corrected chi connectivity index (χ1v) is 42.7. The Morgan fingerprint density at radius 1 is 0.324 bits per heavy atom. The van der Waals surface area contributed by atoms with Crippen LogP contribution in [0.25, 0.3) is 0 Å². The summed E-state index contributed by atoms with van der Waals surface area (Å²) in [6.45, 7) is 35.4. The highest BCUT2D eigenvalue weighted by Crippen LogP contribution is 2.73. The van der Waals surface area contributed by atoms with Crippen molar-refractivity contribution >= 4 is 15.9 Å². The lowest BCUT2D eigenvalue weighted by molar-refractivity contribution is -0.209. The Morgan fingerprint density at radius 2 is 0.588 bits per heavy atom. The second-order valence-electron chi connectivity index (χ2n) is 41.5. The monoisotopic (exact) mass is 1500 g/mol. The normalized spacial score (nSPS) is 53.7. The third-order valence-electron chi connectivity index (χ3n) is 35.8. The molecule has 0 radical (unpaired) electrons. The lowest BCUT2D eigenvalue weighted by atomic mass is 9.48. The summed E-state index contributed by atoms with van der Waals surface area (Å²) in [5.41, 5.74) is 1.51. The molecule has 0 bridgehead atoms. The molecule has 14 heteroatoms. The summed E-state index contributed by atoms with van der Waals surface area (Å²) in [6, 6.07) is 0. The zero-order chi connectivity index (χ0) is 74.0. The SMILES string of the molecule is C=C(C)[C@H]1CC[C@H]2[C@@H]3CC(F)(F)[C@H]4C[C@@](C)(O)CC[C@@H]4[C@H]3CC[C@]12C.C=C(CBr)[C@H]1CC[C@H]2[C@@H]3CC(F)(F)[C@H]4C[C@@](C)(O)CC[C@@H]4[C@H]3CC[C@]12C.C=C(CO)[C@H]1CC[C@H]2[C@@H]3CC(F)(F)[C@H]4C[C@@](C)(O)CC[C@@H]4[C@H]3CC[C@]12C.C=C(CO)[C@H]1CC[C@H]2[C@@H]3C[C@@H](F)[C@H]4C[C@@](C)(O)CC[C@@H]4[C@H]3CC[C@]12C. The zero-order valence-electron chi connectivity index (χ0n) is 64.2. The summed E-state index contributed by atoms with van der Waals surface area (Å²) in [5, 5.41) is 61.6. The molecule has 16 saturated carbocycles. The van der Waals surface area contributed by atoms with Crippen LogP contribution in [0.5, 0.6) is 0 Å². The fourth-order valence-electron chi connectivity index (χ4n) is 31.1. The number of aliphatic hydroxyl groups excluding tert-OH is 2. The van der Waals surface area contributed by atoms with Crippen molar-refractivity contribution < 1.29 is 61.4 Å². The maximum atomic E-state index is 15.2. The Hall–Kier alpha value is -1.29. The summed E-state index contributed by atoms with van der Waals surface area (Å²) in [6.07, 6.45) is 25.3. The van der Waals surface area contributed by atoms with E-state index >= 15 is 30.7 Å². The second kappa shape index (κ2) is 27.9. The summed E-state index contributed by atoms with van der Waals surface area (Å²) >= 11 is 3.57. The summed E-state index contributed by atoms with van der Waals surface area (Å²) in [5.74, 6) is -2.73. The number of alkyl halides is 8. The first-order chi connectivity index (χ1) is 47.5. The number of allylic oxidation sites excluding steroid dienone is 2. The van der Waals surface area contributed by atoms with Crippen LogP contribution in [0.4, 0.5) is 30.7 Å². The molecule has 0 spiro atoms. The van der Waals surface area contributed by atoms with Gasteiger partial charge >= 0.3 is 0 Å². The molecule has 0 aromatic rings. The molecule has 16 fully saturated rings. The van der Waals surface area contributed by atoms with Crippen LogP contribution < -0.4 is 0 Å². The van der Waals surface area contributed by atoms with E-state index in [4.69, 9.17) is 0 Å². The molecule has 0 aromatic carbocycles. The van der Waals surface area contributed by atoms with Gasteiger partial charge < -0.3 is 30.6 Å². The maximum absolute atomic E-state index is 15.2. The van der Waals surface area contributed by atoms with E-state index in [0.717, 1.165) is 126 Å². The van der Waals surface area contributed by atoms with Gasteiger partial charge in [0.1, 0.15) is 6.17 Å². The fraction of sp³-hybridized carbons (Fsp3) is 0.909. The van der Waals surface area contributed by atoms with Crippen molar-refractivity contribution in [1.82, 2.24) is 0 Å². The quantitative estimate of drug-likeness (QED) is 0.0858. The van der Waals surface area contributed by atoms with Crippen LogP contribution in [0.3, 0.4) is 0 Å². The molecule has 16 rings (SSSR count). The summed E-state index contributed by atoms with van der Waals surface area (Å²) in [7, 11) is 0. The molecular weight excluding hydrogens is 1370 g/mol. The topological polar surface area (TPSA) is 121 Å². The minimum Gasteiger partial charge on any atom is -0.392 e. The van der Waals surface area contributed by atoms with Gasteiger partial charge in [-0.15, -0.1) is 0 Å². The standard InChI is InChI=1S/C22H33BrF2O.C22H34F2O2.C22H34F2O.C22H35FO2/c1-13(12-23)17-4-5-18-16-10-22(24,25)19-11-20(2,26)8-6-15(19)14(16)7-9-21(17,18)3;1-13(12-25)17-4-5-18-16-10-22(23,24)19-11-20(2,26)8-6-15(19)14(16)7-9-21(17,18)3;1-13(2)17-5-6-18-16-11-22(23,24)19-12-20(3,25)9-7-15(19)14(16)8-10-21(17,18)4;1-13(12-24)18-4-5-19-16-10-20(23)17-11-21(2,25)8-6-15(17)14(16)7-9-22(18,19)3/h14-19,26H,1,4-12H2,2-3H3;14-19,25-26H,1,4-12H2,2-3H3;14-19,25H,1,5-12H2,2-4H3;14-20,24-25H,1,4-12H2,2-3H3/t3*14-,15-,16-,17-,18+,19+,20+,21-;14-,15-,16-,17+,18-,19+,20-,21+,22-/m1111/s1. The molecule has 0 amide bonds. The Labute approximate surface area is 618 Å². The first-order valence-electron chi connectivity index (χ1n) is 41.6. The van der Waals surface area contributed by atoms with E-state index < -0.39 is 64.1 Å². The van der Waals surface area contributed by atoms with E-state index in [0.29, 0.717) is 109 Å². The predicted molar refractivity (Wildman–Crippen MR) is 396 cm³/mol. The van der Waals surface area contributed by atoms with E-state index in [9.17, 15) is 30.6 Å². The molecule has 16 aliphatic carbocycles. The fourth-order valence-corrected chi connectivity index (χ4v) is 31.5. The Kier molecular flexibility index (Phi) is 21.5. The number of aliphatic hydroxyl groups is 6. The molecule has 6 nitrogen and oxygen atoms in total. The molecule has 33 atom stereocenters. The third kappa shape index (κ3) is 13.8. The Bertz CT molecular complexity index is 2990. The molecule has 6 N–H and O–H groups in total. The Morgan fingerprint density at radius 3 is 0.912 bits per heavy atom. The van der Waals surface area contributed by atoms with E-state index in [1.165, 1.54) is 36.8 Å². The maximum Gasteiger partial charge on any atom is 0.251 e. The first kappa shape index (κ1) is 78.8. The lowest BCUT2D eigenvalue weighted by Gasteiger charge is -2.58. The molecule has 580 valence electrons. The zero-order valence-corrected chi connectivity index (χ0v) is 65.8. The van der Waals surface area contributed by atoms with Gasteiger partial charge in [0.25, 0.3) is 17.8 Å². The average molecular weight is 1500 g/mol.